The molecule has 1 aliphatic rings. The molecule has 0 saturated heterocycles. The number of amides is 1. The molecule has 9 nitrogen and oxygen atoms in total. The maximum Gasteiger partial charge on any atom is 0.296 e. The van der Waals surface area contributed by atoms with Gasteiger partial charge in [0.25, 0.3) is 5.91 Å². The highest BCUT2D eigenvalue weighted by Gasteiger charge is 2.45. The van der Waals surface area contributed by atoms with Gasteiger partial charge < -0.3 is 19.6 Å². The number of fused-ring (bicyclic) bond motifs is 1. The maximum absolute atomic E-state index is 13.0. The third-order valence-electron chi connectivity index (χ3n) is 5.03. The number of rotatable bonds is 6. The third kappa shape index (κ3) is 2.95. The van der Waals surface area contributed by atoms with Crippen molar-refractivity contribution in [2.75, 3.05) is 19.1 Å². The Labute approximate surface area is 172 Å². The molecule has 3 aromatic rings. The Hall–Kier alpha value is -3.88. The summed E-state index contributed by atoms with van der Waals surface area (Å²) in [7, 11) is 3.04. The minimum absolute atomic E-state index is 0.0334. The number of ketones is 1. The van der Waals surface area contributed by atoms with Crippen molar-refractivity contribution in [2.45, 2.75) is 19.4 Å². The van der Waals surface area contributed by atoms with Crippen LogP contribution in [0.15, 0.2) is 48.0 Å². The Kier molecular flexibility index (Phi) is 4.86. The predicted molar refractivity (Wildman–Crippen MR) is 109 cm³/mol. The summed E-state index contributed by atoms with van der Waals surface area (Å²) in [6, 6.07) is 5.99. The zero-order valence-corrected chi connectivity index (χ0v) is 16.7. The van der Waals surface area contributed by atoms with Crippen molar-refractivity contribution in [1.29, 1.82) is 0 Å². The van der Waals surface area contributed by atoms with E-state index in [1.165, 1.54) is 19.1 Å². The van der Waals surface area contributed by atoms with Crippen LogP contribution in [0.25, 0.3) is 11.0 Å². The Balaban J connectivity index is 1.88. The van der Waals surface area contributed by atoms with Crippen LogP contribution in [0, 0.1) is 0 Å². The summed E-state index contributed by atoms with van der Waals surface area (Å²) in [5.41, 5.74) is 1.76. The lowest BCUT2D eigenvalue weighted by Gasteiger charge is -2.24. The molecule has 0 bridgehead atoms. The smallest absolute Gasteiger partial charge is 0.296 e. The summed E-state index contributed by atoms with van der Waals surface area (Å²) >= 11 is 0. The highest BCUT2D eigenvalue weighted by Crippen LogP contribution is 2.41. The van der Waals surface area contributed by atoms with Crippen molar-refractivity contribution >= 4 is 28.7 Å². The van der Waals surface area contributed by atoms with Gasteiger partial charge in [0.05, 0.1) is 36.9 Å². The van der Waals surface area contributed by atoms with E-state index in [9.17, 15) is 14.7 Å². The standard InChI is InChI=1S/C21H20N4O5/c1-4-14(26)17-18(11-6-5-7-22-10-11)25(20(28)19(17)27)21-23-12-8-15(29-2)16(30-3)9-13(12)24-21/h5-10,18,27H,4H2,1-3H3,(H,23,24). The number of nitrogens with one attached hydrogen (secondary N) is 1. The third-order valence-corrected chi connectivity index (χ3v) is 5.03. The Morgan fingerprint density at radius 2 is 2.00 bits per heavy atom. The Bertz CT molecular complexity index is 1130. The number of H-pyrrole nitrogens is 1. The molecule has 0 aliphatic carbocycles. The number of Topliss-reactive ketones (excluding diaryl/α,β-unsaturated/α-hetero) is 1. The van der Waals surface area contributed by atoms with Gasteiger partial charge in [-0.3, -0.25) is 19.5 Å². The quantitative estimate of drug-likeness (QED) is 0.644. The number of nitrogens with zero attached hydrogens (tertiary/aromatic N) is 3. The summed E-state index contributed by atoms with van der Waals surface area (Å²) in [6.07, 6.45) is 3.29. The first-order valence-electron chi connectivity index (χ1n) is 9.31. The van der Waals surface area contributed by atoms with Gasteiger partial charge in [-0.05, 0) is 11.6 Å². The van der Waals surface area contributed by atoms with Gasteiger partial charge in [-0.25, -0.2) is 4.98 Å². The highest BCUT2D eigenvalue weighted by molar-refractivity contribution is 6.16. The van der Waals surface area contributed by atoms with Gasteiger partial charge in [0.1, 0.15) is 0 Å². The fourth-order valence-electron chi connectivity index (χ4n) is 3.59. The number of aliphatic hydroxyl groups excluding tert-OH is 1. The molecule has 30 heavy (non-hydrogen) atoms. The first kappa shape index (κ1) is 19.4. The van der Waals surface area contributed by atoms with E-state index in [4.69, 9.17) is 9.47 Å². The number of aliphatic hydroxyl groups is 1. The molecule has 154 valence electrons. The van der Waals surface area contributed by atoms with Crippen molar-refractivity contribution < 1.29 is 24.2 Å². The van der Waals surface area contributed by atoms with Gasteiger partial charge in [0.2, 0.25) is 5.95 Å². The normalized spacial score (nSPS) is 16.4. The lowest BCUT2D eigenvalue weighted by Crippen LogP contribution is -2.32. The number of aromatic nitrogens is 3. The SMILES string of the molecule is CCC(=O)C1=C(O)C(=O)N(c2nc3cc(OC)c(OC)cc3[nH]2)C1c1cccnc1. The molecule has 0 radical (unpaired) electrons. The summed E-state index contributed by atoms with van der Waals surface area (Å²) in [5.74, 6) is -0.437. The van der Waals surface area contributed by atoms with E-state index in [0.717, 1.165) is 0 Å². The molecule has 9 heteroatoms. The average molecular weight is 408 g/mol. The van der Waals surface area contributed by atoms with Gasteiger partial charge >= 0.3 is 0 Å². The van der Waals surface area contributed by atoms with E-state index in [-0.39, 0.29) is 23.7 Å². The molecule has 1 aromatic carbocycles. The molecule has 0 fully saturated rings. The molecule has 1 unspecified atom stereocenters. The van der Waals surface area contributed by atoms with Crippen LogP contribution in [0.2, 0.25) is 0 Å². The van der Waals surface area contributed by atoms with E-state index >= 15 is 0 Å². The van der Waals surface area contributed by atoms with Crippen LogP contribution in [-0.4, -0.2) is 46.0 Å². The number of carbonyl (C=O) groups is 2. The number of hydrogen-bond acceptors (Lipinski definition) is 7. The second kappa shape index (κ2) is 7.51. The number of imidazole rings is 1. The van der Waals surface area contributed by atoms with Gasteiger partial charge in [0.15, 0.2) is 23.0 Å². The number of carbonyl (C=O) groups excluding carboxylic acids is 2. The highest BCUT2D eigenvalue weighted by atomic mass is 16.5. The van der Waals surface area contributed by atoms with Crippen LogP contribution in [0.3, 0.4) is 0 Å². The molecular formula is C21H20N4O5. The summed E-state index contributed by atoms with van der Waals surface area (Å²) < 4.78 is 10.6. The molecule has 2 N–H and O–H groups in total. The summed E-state index contributed by atoms with van der Waals surface area (Å²) in [5, 5.41) is 10.5. The summed E-state index contributed by atoms with van der Waals surface area (Å²) in [4.78, 5) is 38.5. The molecule has 4 rings (SSSR count). The molecule has 1 aliphatic heterocycles. The predicted octanol–water partition coefficient (Wildman–Crippen LogP) is 2.85. The van der Waals surface area contributed by atoms with Gasteiger partial charge in [0, 0.05) is 30.9 Å². The van der Waals surface area contributed by atoms with E-state index in [1.807, 2.05) is 0 Å². The van der Waals surface area contributed by atoms with Crippen molar-refractivity contribution in [3.63, 3.8) is 0 Å². The van der Waals surface area contributed by atoms with Crippen molar-refractivity contribution in [2.24, 2.45) is 0 Å². The fourth-order valence-corrected chi connectivity index (χ4v) is 3.59. The fraction of sp³-hybridized carbons (Fsp3) is 0.238. The maximum atomic E-state index is 13.0. The van der Waals surface area contributed by atoms with Crippen molar-refractivity contribution in [3.05, 3.63) is 53.6 Å². The number of hydrogen-bond donors (Lipinski definition) is 2. The van der Waals surface area contributed by atoms with E-state index < -0.39 is 17.7 Å². The van der Waals surface area contributed by atoms with Crippen LogP contribution in [0.1, 0.15) is 24.9 Å². The topological polar surface area (TPSA) is 118 Å². The number of methoxy groups -OCH3 is 2. The molecule has 0 spiro atoms. The molecule has 2 aromatic heterocycles. The average Bonchev–Trinajstić information content (AvgIpc) is 3.30. The first-order chi connectivity index (χ1) is 14.5. The number of anilines is 1. The molecular weight excluding hydrogens is 388 g/mol. The number of ether oxygens (including phenoxy) is 2. The first-order valence-corrected chi connectivity index (χ1v) is 9.31. The second-order valence-corrected chi connectivity index (χ2v) is 6.69. The van der Waals surface area contributed by atoms with Gasteiger partial charge in [-0.2, -0.15) is 0 Å². The number of pyridine rings is 1. The van der Waals surface area contributed by atoms with E-state index in [0.29, 0.717) is 28.1 Å². The summed E-state index contributed by atoms with van der Waals surface area (Å²) in [6.45, 7) is 1.68. The lowest BCUT2D eigenvalue weighted by atomic mass is 9.96. The minimum Gasteiger partial charge on any atom is -0.503 e. The largest absolute Gasteiger partial charge is 0.503 e. The van der Waals surface area contributed by atoms with E-state index in [2.05, 4.69) is 15.0 Å². The van der Waals surface area contributed by atoms with Gasteiger partial charge in [-0.1, -0.05) is 13.0 Å². The number of benzene rings is 1. The lowest BCUT2D eigenvalue weighted by molar-refractivity contribution is -0.118. The van der Waals surface area contributed by atoms with E-state index in [1.54, 1.807) is 43.6 Å². The zero-order valence-electron chi connectivity index (χ0n) is 16.7. The monoisotopic (exact) mass is 408 g/mol. The molecule has 3 heterocycles. The minimum atomic E-state index is -0.844. The molecule has 1 amide bonds. The van der Waals surface area contributed by atoms with Crippen LogP contribution >= 0.6 is 0 Å². The Morgan fingerprint density at radius 1 is 1.27 bits per heavy atom. The Morgan fingerprint density at radius 3 is 2.63 bits per heavy atom. The van der Waals surface area contributed by atoms with Gasteiger partial charge in [-0.15, -0.1) is 0 Å². The van der Waals surface area contributed by atoms with Crippen LogP contribution in [0.5, 0.6) is 11.5 Å². The number of aromatic amines is 1. The van der Waals surface area contributed by atoms with Crippen molar-refractivity contribution in [3.8, 4) is 11.5 Å². The van der Waals surface area contributed by atoms with Crippen LogP contribution in [-0.2, 0) is 9.59 Å². The van der Waals surface area contributed by atoms with Crippen molar-refractivity contribution in [1.82, 2.24) is 15.0 Å². The second-order valence-electron chi connectivity index (χ2n) is 6.69. The van der Waals surface area contributed by atoms with Crippen LogP contribution < -0.4 is 14.4 Å². The zero-order chi connectivity index (χ0) is 21.4. The molecule has 0 saturated carbocycles. The molecule has 1 atom stereocenters. The van der Waals surface area contributed by atoms with Crippen LogP contribution in [0.4, 0.5) is 5.95 Å².